The summed E-state index contributed by atoms with van der Waals surface area (Å²) < 4.78 is 5.46. The lowest BCUT2D eigenvalue weighted by molar-refractivity contribution is -0.134. The van der Waals surface area contributed by atoms with Gasteiger partial charge in [-0.3, -0.25) is 4.79 Å². The Morgan fingerprint density at radius 1 is 1.40 bits per heavy atom. The number of alkyl carbamates (subject to hydrolysis) is 1. The van der Waals surface area contributed by atoms with Gasteiger partial charge in [-0.15, -0.1) is 0 Å². The first-order valence-electron chi connectivity index (χ1n) is 8.00. The first-order chi connectivity index (χ1) is 12.1. The minimum Gasteiger partial charge on any atom is -0.453 e. The summed E-state index contributed by atoms with van der Waals surface area (Å²) in [4.78, 5) is 34.2. The van der Waals surface area contributed by atoms with Crippen molar-refractivity contribution in [2.45, 2.75) is 24.9 Å². The van der Waals surface area contributed by atoms with E-state index >= 15 is 0 Å². The lowest BCUT2D eigenvalue weighted by Crippen LogP contribution is -2.42. The minimum absolute atomic E-state index is 0.135. The number of nitrogens with one attached hydrogen (secondary N) is 2. The summed E-state index contributed by atoms with van der Waals surface area (Å²) >= 11 is 3.35. The molecule has 2 atom stereocenters. The Morgan fingerprint density at radius 3 is 2.80 bits per heavy atom. The maximum atomic E-state index is 13.2. The van der Waals surface area contributed by atoms with Crippen LogP contribution in [0.1, 0.15) is 36.3 Å². The number of carbonyl (C=O) groups excluding carboxylic acids is 2. The van der Waals surface area contributed by atoms with E-state index in [0.29, 0.717) is 12.1 Å². The molecule has 0 spiro atoms. The van der Waals surface area contributed by atoms with Gasteiger partial charge in [-0.25, -0.2) is 9.78 Å². The van der Waals surface area contributed by atoms with Crippen LogP contribution in [-0.2, 0) is 9.53 Å². The molecule has 2 N–H and O–H groups in total. The quantitative estimate of drug-likeness (QED) is 0.816. The number of rotatable bonds is 4. The van der Waals surface area contributed by atoms with Crippen molar-refractivity contribution >= 4 is 27.9 Å². The third-order valence-corrected chi connectivity index (χ3v) is 4.65. The maximum absolute atomic E-state index is 13.2. The van der Waals surface area contributed by atoms with E-state index in [9.17, 15) is 9.59 Å². The summed E-state index contributed by atoms with van der Waals surface area (Å²) in [6, 6.07) is 8.22. The van der Waals surface area contributed by atoms with Crippen LogP contribution in [0.2, 0.25) is 0 Å². The van der Waals surface area contributed by atoms with Crippen LogP contribution in [0.15, 0.2) is 41.1 Å². The zero-order valence-electron chi connectivity index (χ0n) is 13.7. The van der Waals surface area contributed by atoms with Crippen LogP contribution in [0.4, 0.5) is 4.79 Å². The molecule has 1 unspecified atom stereocenters. The first kappa shape index (κ1) is 17.5. The molecule has 1 saturated heterocycles. The highest BCUT2D eigenvalue weighted by Gasteiger charge is 2.36. The molecule has 1 aromatic carbocycles. The Morgan fingerprint density at radius 2 is 2.16 bits per heavy atom. The molecule has 1 aromatic heterocycles. The van der Waals surface area contributed by atoms with Crippen molar-refractivity contribution < 1.29 is 14.3 Å². The van der Waals surface area contributed by atoms with Crippen molar-refractivity contribution in [3.8, 4) is 0 Å². The summed E-state index contributed by atoms with van der Waals surface area (Å²) in [5, 5.41) is 2.64. The number of hydrogen-bond acceptors (Lipinski definition) is 4. The zero-order valence-corrected chi connectivity index (χ0v) is 15.3. The van der Waals surface area contributed by atoms with Crippen LogP contribution in [0.3, 0.4) is 0 Å². The molecule has 0 saturated carbocycles. The van der Waals surface area contributed by atoms with Crippen molar-refractivity contribution in [1.29, 1.82) is 0 Å². The summed E-state index contributed by atoms with van der Waals surface area (Å²) in [6.45, 7) is 0.619. The van der Waals surface area contributed by atoms with Gasteiger partial charge in [-0.05, 0) is 34.3 Å². The molecule has 25 heavy (non-hydrogen) atoms. The number of nitrogens with zero attached hydrogens (tertiary/aromatic N) is 2. The Labute approximate surface area is 153 Å². The molecule has 1 fully saturated rings. The van der Waals surface area contributed by atoms with Crippen LogP contribution in [0.25, 0.3) is 0 Å². The average molecular weight is 407 g/mol. The molecule has 0 radical (unpaired) electrons. The molecule has 1 aliphatic rings. The van der Waals surface area contributed by atoms with E-state index in [1.165, 1.54) is 7.11 Å². The predicted molar refractivity (Wildman–Crippen MR) is 94.7 cm³/mol. The van der Waals surface area contributed by atoms with Gasteiger partial charge in [-0.2, -0.15) is 0 Å². The summed E-state index contributed by atoms with van der Waals surface area (Å²) in [6.07, 6.45) is 2.75. The Hall–Kier alpha value is -2.35. The number of halogens is 1. The van der Waals surface area contributed by atoms with Gasteiger partial charge in [0.1, 0.15) is 16.5 Å². The predicted octanol–water partition coefficient (Wildman–Crippen LogP) is 2.93. The average Bonchev–Trinajstić information content (AvgIpc) is 3.28. The van der Waals surface area contributed by atoms with E-state index in [-0.39, 0.29) is 11.9 Å². The number of carbonyl (C=O) groups is 2. The fraction of sp³-hybridized carbons (Fsp3) is 0.353. The Kier molecular flexibility index (Phi) is 5.37. The molecule has 1 aliphatic heterocycles. The molecule has 8 heteroatoms. The second kappa shape index (κ2) is 7.69. The van der Waals surface area contributed by atoms with Gasteiger partial charge in [0.05, 0.1) is 19.3 Å². The van der Waals surface area contributed by atoms with E-state index in [0.717, 1.165) is 23.3 Å². The van der Waals surface area contributed by atoms with Gasteiger partial charge in [0.25, 0.3) is 5.91 Å². The van der Waals surface area contributed by atoms with Gasteiger partial charge in [0.15, 0.2) is 0 Å². The standard InChI is InChI=1S/C17H19BrN4O3/c1-25-17(24)21-14(11-6-3-2-4-7-11)16(23)22-9-5-8-12(22)15-19-10-13(18)20-15/h2-4,6-7,10,12,14H,5,8-9H2,1H3,(H,19,20)(H,21,24)/t12?,14-/m1/s1. The van der Waals surface area contributed by atoms with Crippen LogP contribution in [0.5, 0.6) is 0 Å². The van der Waals surface area contributed by atoms with Gasteiger partial charge in [0.2, 0.25) is 0 Å². The largest absolute Gasteiger partial charge is 0.453 e. The smallest absolute Gasteiger partial charge is 0.407 e. The number of aromatic nitrogens is 2. The fourth-order valence-corrected chi connectivity index (χ4v) is 3.38. The first-order valence-corrected chi connectivity index (χ1v) is 8.79. The summed E-state index contributed by atoms with van der Waals surface area (Å²) in [7, 11) is 1.28. The molecule has 0 bridgehead atoms. The number of amides is 2. The Bertz CT molecular complexity index is 749. The number of likely N-dealkylation sites (tertiary alicyclic amines) is 1. The molecule has 2 aromatic rings. The molecule has 3 rings (SSSR count). The second-order valence-electron chi connectivity index (χ2n) is 5.79. The van der Waals surface area contributed by atoms with Crippen LogP contribution in [0, 0.1) is 0 Å². The fourth-order valence-electron chi connectivity index (χ4n) is 3.07. The second-order valence-corrected chi connectivity index (χ2v) is 6.64. The topological polar surface area (TPSA) is 87.3 Å². The molecule has 7 nitrogen and oxygen atoms in total. The van der Waals surface area contributed by atoms with E-state index in [1.807, 2.05) is 30.3 Å². The summed E-state index contributed by atoms with van der Waals surface area (Å²) in [5.74, 6) is 0.564. The highest BCUT2D eigenvalue weighted by atomic mass is 79.9. The van der Waals surface area contributed by atoms with E-state index in [2.05, 4.69) is 36.0 Å². The third-order valence-electron chi connectivity index (χ3n) is 4.24. The third kappa shape index (κ3) is 3.84. The molecular formula is C17H19BrN4O3. The number of H-pyrrole nitrogens is 1. The molecule has 2 amide bonds. The lowest BCUT2D eigenvalue weighted by atomic mass is 10.1. The maximum Gasteiger partial charge on any atom is 0.407 e. The van der Waals surface area contributed by atoms with Crippen molar-refractivity contribution in [3.63, 3.8) is 0 Å². The van der Waals surface area contributed by atoms with E-state index < -0.39 is 12.1 Å². The molecule has 0 aliphatic carbocycles. The molecule has 2 heterocycles. The van der Waals surface area contributed by atoms with Gasteiger partial charge >= 0.3 is 6.09 Å². The van der Waals surface area contributed by atoms with Crippen molar-refractivity contribution in [3.05, 3.63) is 52.5 Å². The number of hydrogen-bond donors (Lipinski definition) is 2. The van der Waals surface area contributed by atoms with E-state index in [1.54, 1.807) is 11.1 Å². The van der Waals surface area contributed by atoms with Crippen LogP contribution >= 0.6 is 15.9 Å². The van der Waals surface area contributed by atoms with Gasteiger partial charge in [-0.1, -0.05) is 30.3 Å². The normalized spacial score (nSPS) is 18.0. The lowest BCUT2D eigenvalue weighted by Gasteiger charge is -2.28. The van der Waals surface area contributed by atoms with Crippen molar-refractivity contribution in [2.24, 2.45) is 0 Å². The zero-order chi connectivity index (χ0) is 17.8. The number of aromatic amines is 1. The highest BCUT2D eigenvalue weighted by molar-refractivity contribution is 9.10. The number of ether oxygens (including phenoxy) is 1. The van der Waals surface area contributed by atoms with E-state index in [4.69, 9.17) is 0 Å². The van der Waals surface area contributed by atoms with Gasteiger partial charge in [0, 0.05) is 6.54 Å². The van der Waals surface area contributed by atoms with Gasteiger partial charge < -0.3 is 19.9 Å². The van der Waals surface area contributed by atoms with Crippen LogP contribution < -0.4 is 5.32 Å². The van der Waals surface area contributed by atoms with Crippen LogP contribution in [-0.4, -0.2) is 40.5 Å². The minimum atomic E-state index is -0.798. The molecular weight excluding hydrogens is 388 g/mol. The molecule has 132 valence electrons. The monoisotopic (exact) mass is 406 g/mol. The van der Waals surface area contributed by atoms with Crippen molar-refractivity contribution in [1.82, 2.24) is 20.2 Å². The highest BCUT2D eigenvalue weighted by Crippen LogP contribution is 2.33. The number of imidazole rings is 1. The number of benzene rings is 1. The Balaban J connectivity index is 1.87. The number of methoxy groups -OCH3 is 1. The SMILES string of the molecule is COC(=O)N[C@@H](C(=O)N1CCCC1c1ncc(Br)[nH]1)c1ccccc1. The summed E-state index contributed by atoms with van der Waals surface area (Å²) in [5.41, 5.74) is 0.712. The van der Waals surface area contributed by atoms with Crippen molar-refractivity contribution in [2.75, 3.05) is 13.7 Å².